The number of rotatable bonds is 5. The number of carbonyl (C=O) groups is 1. The molecular formula is C20H23NO3. The van der Waals surface area contributed by atoms with Gasteiger partial charge in [0.1, 0.15) is 11.5 Å². The Morgan fingerprint density at radius 1 is 1.12 bits per heavy atom. The molecule has 0 saturated carbocycles. The van der Waals surface area contributed by atoms with Crippen LogP contribution in [-0.4, -0.2) is 17.1 Å². The van der Waals surface area contributed by atoms with Crippen LogP contribution in [0.1, 0.15) is 33.3 Å². The third kappa shape index (κ3) is 5.23. The zero-order chi connectivity index (χ0) is 17.6. The highest BCUT2D eigenvalue weighted by Crippen LogP contribution is 2.31. The van der Waals surface area contributed by atoms with Gasteiger partial charge in [0.25, 0.3) is 0 Å². The van der Waals surface area contributed by atoms with Gasteiger partial charge in [0.05, 0.1) is 0 Å². The monoisotopic (exact) mass is 325 g/mol. The summed E-state index contributed by atoms with van der Waals surface area (Å²) in [5.41, 5.74) is 0.555. The van der Waals surface area contributed by atoms with Crippen molar-refractivity contribution in [2.45, 2.75) is 33.8 Å². The number of aromatic nitrogens is 1. The Kier molecular flexibility index (Phi) is 5.74. The van der Waals surface area contributed by atoms with E-state index in [-0.39, 0.29) is 11.4 Å². The summed E-state index contributed by atoms with van der Waals surface area (Å²) in [6.45, 7) is 7.42. The average Bonchev–Trinajstić information content (AvgIpc) is 2.53. The lowest BCUT2D eigenvalue weighted by molar-refractivity contribution is -0.150. The molecule has 0 radical (unpaired) electrons. The number of hydrogen-bond acceptors (Lipinski definition) is 4. The number of para-hydroxylation sites is 1. The highest BCUT2D eigenvalue weighted by molar-refractivity contribution is 5.67. The summed E-state index contributed by atoms with van der Waals surface area (Å²) in [6.07, 6.45) is 4.79. The van der Waals surface area contributed by atoms with Crippen LogP contribution in [0.5, 0.6) is 5.75 Å². The topological polar surface area (TPSA) is 48.4 Å². The van der Waals surface area contributed by atoms with E-state index in [0.29, 0.717) is 11.5 Å². The normalized spacial score (nSPS) is 13.2. The molecule has 0 bridgehead atoms. The second-order valence-electron chi connectivity index (χ2n) is 6.60. The van der Waals surface area contributed by atoms with Crippen LogP contribution in [0.15, 0.2) is 60.6 Å². The molecule has 2 aromatic rings. The summed E-state index contributed by atoms with van der Waals surface area (Å²) in [5, 5.41) is 0. The van der Waals surface area contributed by atoms with E-state index in [0.717, 1.165) is 5.56 Å². The number of benzene rings is 1. The number of nitrogens with zero attached hydrogens (tertiary/aromatic N) is 1. The van der Waals surface area contributed by atoms with Gasteiger partial charge in [-0.2, -0.15) is 0 Å². The van der Waals surface area contributed by atoms with Crippen LogP contribution in [0.2, 0.25) is 0 Å². The van der Waals surface area contributed by atoms with Gasteiger partial charge >= 0.3 is 5.97 Å². The van der Waals surface area contributed by atoms with Crippen LogP contribution in [0, 0.1) is 5.41 Å². The van der Waals surface area contributed by atoms with E-state index in [1.54, 1.807) is 12.4 Å². The molecule has 0 aliphatic carbocycles. The lowest BCUT2D eigenvalue weighted by atomic mass is 9.87. The molecule has 0 fully saturated rings. The zero-order valence-corrected chi connectivity index (χ0v) is 14.5. The minimum atomic E-state index is -0.518. The molecule has 1 aromatic carbocycles. The Bertz CT molecular complexity index is 688. The first-order valence-corrected chi connectivity index (χ1v) is 7.88. The van der Waals surface area contributed by atoms with E-state index < -0.39 is 6.10 Å². The molecule has 1 atom stereocenters. The maximum absolute atomic E-state index is 11.6. The number of hydrogen-bond donors (Lipinski definition) is 0. The van der Waals surface area contributed by atoms with Crippen LogP contribution in [0.25, 0.3) is 6.08 Å². The van der Waals surface area contributed by atoms with E-state index in [1.807, 2.05) is 69.3 Å². The van der Waals surface area contributed by atoms with Crippen LogP contribution >= 0.6 is 0 Å². The summed E-state index contributed by atoms with van der Waals surface area (Å²) in [4.78, 5) is 15.7. The van der Waals surface area contributed by atoms with Gasteiger partial charge in [-0.25, -0.2) is 0 Å². The number of pyridine rings is 1. The van der Waals surface area contributed by atoms with Gasteiger partial charge in [0.2, 0.25) is 0 Å². The molecule has 0 spiro atoms. The fraction of sp³-hybridized carbons (Fsp3) is 0.300. The molecule has 1 unspecified atom stereocenters. The van der Waals surface area contributed by atoms with Crippen LogP contribution in [-0.2, 0) is 9.53 Å². The van der Waals surface area contributed by atoms with Gasteiger partial charge in [-0.3, -0.25) is 9.78 Å². The Hall–Kier alpha value is -2.62. The third-order valence-corrected chi connectivity index (χ3v) is 3.30. The van der Waals surface area contributed by atoms with Gasteiger partial charge in [-0.1, -0.05) is 45.0 Å². The Labute approximate surface area is 143 Å². The average molecular weight is 325 g/mol. The van der Waals surface area contributed by atoms with Gasteiger partial charge in [0.15, 0.2) is 6.10 Å². The minimum absolute atomic E-state index is 0.325. The van der Waals surface area contributed by atoms with Crippen molar-refractivity contribution in [2.24, 2.45) is 5.41 Å². The van der Waals surface area contributed by atoms with E-state index >= 15 is 0 Å². The summed E-state index contributed by atoms with van der Waals surface area (Å²) in [7, 11) is 0. The van der Waals surface area contributed by atoms with Crippen LogP contribution in [0.4, 0.5) is 0 Å². The molecule has 24 heavy (non-hydrogen) atoms. The summed E-state index contributed by atoms with van der Waals surface area (Å²) in [6, 6.07) is 13.2. The van der Waals surface area contributed by atoms with Crippen molar-refractivity contribution in [1.29, 1.82) is 0 Å². The minimum Gasteiger partial charge on any atom is -0.458 e. The summed E-state index contributed by atoms with van der Waals surface area (Å²) < 4.78 is 11.6. The summed E-state index contributed by atoms with van der Waals surface area (Å²) in [5.74, 6) is 0.912. The van der Waals surface area contributed by atoms with Crippen molar-refractivity contribution < 1.29 is 14.3 Å². The first-order chi connectivity index (χ1) is 11.4. The van der Waals surface area contributed by atoms with E-state index in [2.05, 4.69) is 4.98 Å². The molecule has 1 aromatic heterocycles. The number of esters is 1. The van der Waals surface area contributed by atoms with Crippen LogP contribution < -0.4 is 4.74 Å². The standard InChI is InChI=1S/C20H23NO3/c1-15(22)23-19(20(2,3)4)18(13-16-9-8-12-21-14-16)24-17-10-6-5-7-11-17/h5-14,19H,1-4H3/b18-13+. The fourth-order valence-electron chi connectivity index (χ4n) is 2.24. The first kappa shape index (κ1) is 17.7. The molecule has 0 saturated heterocycles. The highest BCUT2D eigenvalue weighted by Gasteiger charge is 2.33. The van der Waals surface area contributed by atoms with Gasteiger partial charge in [-0.05, 0) is 29.8 Å². The molecule has 0 aliphatic rings. The molecule has 0 aliphatic heterocycles. The zero-order valence-electron chi connectivity index (χ0n) is 14.5. The predicted octanol–water partition coefficient (Wildman–Crippen LogP) is 4.48. The lowest BCUT2D eigenvalue weighted by Crippen LogP contribution is -2.34. The quantitative estimate of drug-likeness (QED) is 0.601. The van der Waals surface area contributed by atoms with Crippen LogP contribution in [0.3, 0.4) is 0 Å². The smallest absolute Gasteiger partial charge is 0.303 e. The van der Waals surface area contributed by atoms with Gasteiger partial charge < -0.3 is 9.47 Å². The van der Waals surface area contributed by atoms with E-state index in [4.69, 9.17) is 9.47 Å². The molecule has 0 N–H and O–H groups in total. The Morgan fingerprint density at radius 2 is 1.83 bits per heavy atom. The maximum Gasteiger partial charge on any atom is 0.303 e. The van der Waals surface area contributed by atoms with Crippen molar-refractivity contribution in [3.63, 3.8) is 0 Å². The number of carbonyl (C=O) groups excluding carboxylic acids is 1. The second-order valence-corrected chi connectivity index (χ2v) is 6.60. The van der Waals surface area contributed by atoms with Crippen molar-refractivity contribution >= 4 is 12.0 Å². The lowest BCUT2D eigenvalue weighted by Gasteiger charge is -2.31. The highest BCUT2D eigenvalue weighted by atomic mass is 16.6. The van der Waals surface area contributed by atoms with Gasteiger partial charge in [-0.15, -0.1) is 0 Å². The van der Waals surface area contributed by atoms with Crippen molar-refractivity contribution in [2.75, 3.05) is 0 Å². The maximum atomic E-state index is 11.6. The molecule has 2 rings (SSSR count). The largest absolute Gasteiger partial charge is 0.458 e. The van der Waals surface area contributed by atoms with Crippen molar-refractivity contribution in [1.82, 2.24) is 4.98 Å². The van der Waals surface area contributed by atoms with Gasteiger partial charge in [0, 0.05) is 24.7 Å². The molecule has 4 nitrogen and oxygen atoms in total. The third-order valence-electron chi connectivity index (χ3n) is 3.30. The SMILES string of the molecule is CC(=O)OC(/C(=C\c1cccnc1)Oc1ccccc1)C(C)(C)C. The molecule has 4 heteroatoms. The molecule has 0 amide bonds. The second kappa shape index (κ2) is 7.77. The fourth-order valence-corrected chi connectivity index (χ4v) is 2.24. The Morgan fingerprint density at radius 3 is 2.38 bits per heavy atom. The number of ether oxygens (including phenoxy) is 2. The van der Waals surface area contributed by atoms with E-state index in [1.165, 1.54) is 6.92 Å². The summed E-state index contributed by atoms with van der Waals surface area (Å²) >= 11 is 0. The molecular weight excluding hydrogens is 302 g/mol. The van der Waals surface area contributed by atoms with Crippen molar-refractivity contribution in [3.8, 4) is 5.75 Å². The van der Waals surface area contributed by atoms with E-state index in [9.17, 15) is 4.79 Å². The van der Waals surface area contributed by atoms with Crippen molar-refractivity contribution in [3.05, 3.63) is 66.2 Å². The first-order valence-electron chi connectivity index (χ1n) is 7.88. The molecule has 1 heterocycles. The molecule has 126 valence electrons. The predicted molar refractivity (Wildman–Crippen MR) is 94.3 cm³/mol. The Balaban J connectivity index is 2.43.